The van der Waals surface area contributed by atoms with E-state index in [-0.39, 0.29) is 11.5 Å². The van der Waals surface area contributed by atoms with E-state index in [9.17, 15) is 4.79 Å². The molecule has 0 aromatic rings. The number of carbonyl (C=O) groups excluding carboxylic acids is 1. The lowest BCUT2D eigenvalue weighted by molar-refractivity contribution is -0.113. The second kappa shape index (κ2) is 2.69. The maximum atomic E-state index is 10.7. The number of carbonyl (C=O) groups is 1. The SMILES string of the molecule is CC(=O)C1=CCCC=C1O. The number of aliphatic hydroxyl groups excluding tert-OH is 1. The molecule has 0 aliphatic heterocycles. The molecule has 0 radical (unpaired) electrons. The molecule has 0 unspecified atom stereocenters. The first-order valence-corrected chi connectivity index (χ1v) is 3.32. The van der Waals surface area contributed by atoms with Crippen molar-refractivity contribution in [2.45, 2.75) is 19.8 Å². The molecule has 0 aromatic heterocycles. The van der Waals surface area contributed by atoms with E-state index < -0.39 is 0 Å². The lowest BCUT2D eigenvalue weighted by Gasteiger charge is -2.06. The molecule has 0 bridgehead atoms. The Morgan fingerprint density at radius 3 is 2.50 bits per heavy atom. The van der Waals surface area contributed by atoms with E-state index in [4.69, 9.17) is 5.11 Å². The summed E-state index contributed by atoms with van der Waals surface area (Å²) in [7, 11) is 0. The van der Waals surface area contributed by atoms with Gasteiger partial charge in [0.1, 0.15) is 5.76 Å². The molecule has 2 heteroatoms. The summed E-state index contributed by atoms with van der Waals surface area (Å²) < 4.78 is 0. The van der Waals surface area contributed by atoms with Crippen molar-refractivity contribution >= 4 is 5.78 Å². The minimum absolute atomic E-state index is 0.0616. The highest BCUT2D eigenvalue weighted by Crippen LogP contribution is 2.16. The van der Waals surface area contributed by atoms with Crippen LogP contribution in [-0.2, 0) is 4.79 Å². The Bertz CT molecular complexity index is 211. The molecule has 1 aliphatic rings. The number of hydrogen-bond acceptors (Lipinski definition) is 2. The number of aliphatic hydroxyl groups is 1. The van der Waals surface area contributed by atoms with Gasteiger partial charge in [-0.25, -0.2) is 0 Å². The zero-order valence-electron chi connectivity index (χ0n) is 5.92. The van der Waals surface area contributed by atoms with Gasteiger partial charge in [0, 0.05) is 0 Å². The van der Waals surface area contributed by atoms with E-state index in [1.54, 1.807) is 12.2 Å². The zero-order chi connectivity index (χ0) is 7.56. The maximum Gasteiger partial charge on any atom is 0.163 e. The fourth-order valence-electron chi connectivity index (χ4n) is 0.986. The Balaban J connectivity index is 2.84. The van der Waals surface area contributed by atoms with E-state index in [1.165, 1.54) is 6.92 Å². The molecule has 0 spiro atoms. The molecule has 0 fully saturated rings. The van der Waals surface area contributed by atoms with Crippen molar-refractivity contribution in [3.05, 3.63) is 23.5 Å². The first-order chi connectivity index (χ1) is 4.72. The highest BCUT2D eigenvalue weighted by molar-refractivity contribution is 5.97. The van der Waals surface area contributed by atoms with Gasteiger partial charge in [0.25, 0.3) is 0 Å². The average Bonchev–Trinajstić information content (AvgIpc) is 1.88. The summed E-state index contributed by atoms with van der Waals surface area (Å²) in [6.07, 6.45) is 5.15. The van der Waals surface area contributed by atoms with Crippen LogP contribution in [0.3, 0.4) is 0 Å². The molecule has 1 rings (SSSR count). The summed E-state index contributed by atoms with van der Waals surface area (Å²) in [5.74, 6) is 0.0761. The van der Waals surface area contributed by atoms with Crippen molar-refractivity contribution in [1.82, 2.24) is 0 Å². The number of hydrogen-bond donors (Lipinski definition) is 1. The summed E-state index contributed by atoms with van der Waals surface area (Å²) in [4.78, 5) is 10.7. The van der Waals surface area contributed by atoms with Crippen LogP contribution < -0.4 is 0 Å². The van der Waals surface area contributed by atoms with Gasteiger partial charge in [-0.3, -0.25) is 4.79 Å². The number of allylic oxidation sites excluding steroid dienone is 3. The quantitative estimate of drug-likeness (QED) is 0.599. The monoisotopic (exact) mass is 138 g/mol. The smallest absolute Gasteiger partial charge is 0.163 e. The van der Waals surface area contributed by atoms with Gasteiger partial charge in [-0.15, -0.1) is 0 Å². The van der Waals surface area contributed by atoms with E-state index in [0.717, 1.165) is 12.8 Å². The van der Waals surface area contributed by atoms with E-state index in [0.29, 0.717) is 5.57 Å². The molecule has 2 nitrogen and oxygen atoms in total. The molecule has 10 heavy (non-hydrogen) atoms. The molecule has 0 atom stereocenters. The summed E-state index contributed by atoms with van der Waals surface area (Å²) in [6.45, 7) is 1.46. The number of Topliss-reactive ketones (excluding diaryl/α,β-unsaturated/α-hetero) is 1. The normalized spacial score (nSPS) is 17.7. The molecular formula is C8H10O2. The summed E-state index contributed by atoms with van der Waals surface area (Å²) >= 11 is 0. The van der Waals surface area contributed by atoms with E-state index in [1.807, 2.05) is 0 Å². The van der Waals surface area contributed by atoms with Crippen molar-refractivity contribution in [2.24, 2.45) is 0 Å². The van der Waals surface area contributed by atoms with Crippen LogP contribution in [0.4, 0.5) is 0 Å². The van der Waals surface area contributed by atoms with Crippen LogP contribution in [0.25, 0.3) is 0 Å². The lowest BCUT2D eigenvalue weighted by Crippen LogP contribution is -2.02. The molecule has 0 saturated carbocycles. The highest BCUT2D eigenvalue weighted by atomic mass is 16.3. The number of ketones is 1. The number of rotatable bonds is 1. The van der Waals surface area contributed by atoms with Crippen molar-refractivity contribution in [3.63, 3.8) is 0 Å². The van der Waals surface area contributed by atoms with Crippen LogP contribution >= 0.6 is 0 Å². The molecule has 1 aliphatic carbocycles. The van der Waals surface area contributed by atoms with E-state index >= 15 is 0 Å². The molecule has 0 aromatic carbocycles. The third kappa shape index (κ3) is 1.26. The van der Waals surface area contributed by atoms with Crippen molar-refractivity contribution in [1.29, 1.82) is 0 Å². The molecule has 0 heterocycles. The minimum atomic E-state index is -0.0616. The largest absolute Gasteiger partial charge is 0.508 e. The second-order valence-corrected chi connectivity index (χ2v) is 2.34. The zero-order valence-corrected chi connectivity index (χ0v) is 5.92. The Hall–Kier alpha value is -1.05. The molecular weight excluding hydrogens is 128 g/mol. The Labute approximate surface area is 59.9 Å². The summed E-state index contributed by atoms with van der Waals surface area (Å²) in [6, 6.07) is 0. The van der Waals surface area contributed by atoms with Crippen LogP contribution in [0.2, 0.25) is 0 Å². The van der Waals surface area contributed by atoms with Gasteiger partial charge in [-0.1, -0.05) is 6.08 Å². The first-order valence-electron chi connectivity index (χ1n) is 3.32. The topological polar surface area (TPSA) is 37.3 Å². The molecule has 0 saturated heterocycles. The van der Waals surface area contributed by atoms with Crippen molar-refractivity contribution in [2.75, 3.05) is 0 Å². The van der Waals surface area contributed by atoms with Gasteiger partial charge in [0.15, 0.2) is 5.78 Å². The predicted molar refractivity (Wildman–Crippen MR) is 38.7 cm³/mol. The van der Waals surface area contributed by atoms with Crippen molar-refractivity contribution in [3.8, 4) is 0 Å². The van der Waals surface area contributed by atoms with Crippen LogP contribution in [0, 0.1) is 0 Å². The fourth-order valence-corrected chi connectivity index (χ4v) is 0.986. The second-order valence-electron chi connectivity index (χ2n) is 2.34. The van der Waals surface area contributed by atoms with Gasteiger partial charge >= 0.3 is 0 Å². The van der Waals surface area contributed by atoms with Crippen LogP contribution in [0.15, 0.2) is 23.5 Å². The lowest BCUT2D eigenvalue weighted by atomic mass is 10.0. The van der Waals surface area contributed by atoms with Gasteiger partial charge < -0.3 is 5.11 Å². The highest BCUT2D eigenvalue weighted by Gasteiger charge is 2.10. The summed E-state index contributed by atoms with van der Waals surface area (Å²) in [5.41, 5.74) is 0.464. The Morgan fingerprint density at radius 1 is 1.50 bits per heavy atom. The average molecular weight is 138 g/mol. The van der Waals surface area contributed by atoms with Gasteiger partial charge in [-0.2, -0.15) is 0 Å². The Kier molecular flexibility index (Phi) is 1.90. The summed E-state index contributed by atoms with van der Waals surface area (Å²) in [5, 5.41) is 9.11. The maximum absolute atomic E-state index is 10.7. The van der Waals surface area contributed by atoms with Crippen molar-refractivity contribution < 1.29 is 9.90 Å². The molecule has 1 N–H and O–H groups in total. The van der Waals surface area contributed by atoms with Crippen LogP contribution in [-0.4, -0.2) is 10.9 Å². The van der Waals surface area contributed by atoms with Gasteiger partial charge in [-0.05, 0) is 25.8 Å². The van der Waals surface area contributed by atoms with Gasteiger partial charge in [0.2, 0.25) is 0 Å². The third-order valence-corrected chi connectivity index (χ3v) is 1.51. The fraction of sp³-hybridized carbons (Fsp3) is 0.375. The first kappa shape index (κ1) is 7.06. The predicted octanol–water partition coefficient (Wildman–Crippen LogP) is 1.74. The molecule has 54 valence electrons. The third-order valence-electron chi connectivity index (χ3n) is 1.51. The standard InChI is InChI=1S/C8H10O2/c1-6(9)7-4-2-3-5-8(7)10/h4-5,10H,2-3H2,1H3. The minimum Gasteiger partial charge on any atom is -0.508 e. The van der Waals surface area contributed by atoms with Crippen LogP contribution in [0.5, 0.6) is 0 Å². The van der Waals surface area contributed by atoms with E-state index in [2.05, 4.69) is 0 Å². The Morgan fingerprint density at radius 2 is 2.10 bits per heavy atom. The van der Waals surface area contributed by atoms with Crippen LogP contribution in [0.1, 0.15) is 19.8 Å². The molecule has 0 amide bonds. The van der Waals surface area contributed by atoms with Gasteiger partial charge in [0.05, 0.1) is 5.57 Å².